The van der Waals surface area contributed by atoms with Crippen molar-refractivity contribution < 1.29 is 24.2 Å². The molecule has 0 radical (unpaired) electrons. The lowest BCUT2D eigenvalue weighted by molar-refractivity contribution is -0.138. The number of rotatable bonds is 4. The molecule has 20 heavy (non-hydrogen) atoms. The number of aliphatic carboxylic acids is 1. The van der Waals surface area contributed by atoms with Gasteiger partial charge >= 0.3 is 5.97 Å². The predicted octanol–water partition coefficient (Wildman–Crippen LogP) is 0.845. The molecule has 1 aromatic carbocycles. The second kappa shape index (κ2) is 5.60. The third-order valence-corrected chi connectivity index (χ3v) is 2.90. The van der Waals surface area contributed by atoms with Crippen LogP contribution in [0.5, 0.6) is 5.75 Å². The Kier molecular flexibility index (Phi) is 3.88. The molecule has 1 heterocycles. The first-order valence-corrected chi connectivity index (χ1v) is 6.03. The zero-order chi connectivity index (χ0) is 14.7. The number of carboxylic acids is 1. The number of para-hydroxylation sites is 1. The molecule has 7 nitrogen and oxygen atoms in total. The van der Waals surface area contributed by atoms with E-state index in [1.165, 1.54) is 4.90 Å². The number of carbonyl (C=O) groups excluding carboxylic acids is 2. The Hall–Kier alpha value is -2.57. The first-order valence-electron chi connectivity index (χ1n) is 6.03. The van der Waals surface area contributed by atoms with E-state index in [9.17, 15) is 14.4 Å². The number of hydrogen-bond donors (Lipinski definition) is 2. The van der Waals surface area contributed by atoms with Gasteiger partial charge < -0.3 is 20.1 Å². The number of nitrogens with zero attached hydrogens (tertiary/aromatic N) is 1. The Labute approximate surface area is 115 Å². The van der Waals surface area contributed by atoms with Gasteiger partial charge in [0.2, 0.25) is 5.91 Å². The van der Waals surface area contributed by atoms with Crippen molar-refractivity contribution in [2.45, 2.75) is 12.8 Å². The van der Waals surface area contributed by atoms with Crippen LogP contribution in [0.4, 0.5) is 11.4 Å². The van der Waals surface area contributed by atoms with E-state index in [-0.39, 0.29) is 25.4 Å². The van der Waals surface area contributed by atoms with Crippen LogP contribution in [0.2, 0.25) is 0 Å². The minimum absolute atomic E-state index is 0.0418. The predicted molar refractivity (Wildman–Crippen MR) is 70.8 cm³/mol. The second-order valence-electron chi connectivity index (χ2n) is 4.34. The van der Waals surface area contributed by atoms with Crippen LogP contribution in [0.3, 0.4) is 0 Å². The molecule has 0 aromatic heterocycles. The summed E-state index contributed by atoms with van der Waals surface area (Å²) < 4.78 is 5.29. The minimum atomic E-state index is -1.04. The lowest BCUT2D eigenvalue weighted by atomic mass is 10.2. The van der Waals surface area contributed by atoms with Crippen LogP contribution in [0.25, 0.3) is 0 Å². The van der Waals surface area contributed by atoms with Gasteiger partial charge in [0.1, 0.15) is 11.4 Å². The van der Waals surface area contributed by atoms with Gasteiger partial charge in [-0.05, 0) is 12.1 Å². The third-order valence-electron chi connectivity index (χ3n) is 2.90. The van der Waals surface area contributed by atoms with Crippen molar-refractivity contribution >= 4 is 29.2 Å². The van der Waals surface area contributed by atoms with Gasteiger partial charge in [-0.2, -0.15) is 0 Å². The van der Waals surface area contributed by atoms with Crippen LogP contribution in [0, 0.1) is 0 Å². The smallest absolute Gasteiger partial charge is 0.303 e. The Bertz CT molecular complexity index is 570. The zero-order valence-corrected chi connectivity index (χ0v) is 10.9. The van der Waals surface area contributed by atoms with Crippen LogP contribution in [-0.2, 0) is 14.4 Å². The summed E-state index contributed by atoms with van der Waals surface area (Å²) in [6.07, 6.45) is -0.371. The van der Waals surface area contributed by atoms with Gasteiger partial charge in [-0.3, -0.25) is 14.4 Å². The maximum Gasteiger partial charge on any atom is 0.303 e. The average molecular weight is 278 g/mol. The first kappa shape index (κ1) is 13.9. The average Bonchev–Trinajstić information content (AvgIpc) is 2.41. The summed E-state index contributed by atoms with van der Waals surface area (Å²) in [6, 6.07) is 5.02. The fourth-order valence-electron chi connectivity index (χ4n) is 1.88. The van der Waals surface area contributed by atoms with E-state index in [4.69, 9.17) is 9.84 Å². The number of ether oxygens (including phenoxy) is 1. The van der Waals surface area contributed by atoms with Gasteiger partial charge in [0.25, 0.3) is 5.91 Å². The normalized spacial score (nSPS) is 13.4. The quantitative estimate of drug-likeness (QED) is 0.851. The molecular weight excluding hydrogens is 264 g/mol. The molecule has 0 saturated heterocycles. The van der Waals surface area contributed by atoms with Gasteiger partial charge in [-0.1, -0.05) is 6.07 Å². The van der Waals surface area contributed by atoms with Crippen molar-refractivity contribution in [3.05, 3.63) is 18.2 Å². The molecule has 2 N–H and O–H groups in total. The van der Waals surface area contributed by atoms with E-state index in [2.05, 4.69) is 5.32 Å². The number of carbonyl (C=O) groups is 3. The van der Waals surface area contributed by atoms with Crippen LogP contribution >= 0.6 is 0 Å². The number of fused-ring (bicyclic) bond motifs is 1. The summed E-state index contributed by atoms with van der Waals surface area (Å²) in [5.41, 5.74) is 0.904. The summed E-state index contributed by atoms with van der Waals surface area (Å²) >= 11 is 0. The van der Waals surface area contributed by atoms with Gasteiger partial charge in [0.05, 0.1) is 12.1 Å². The first-order chi connectivity index (χ1) is 9.49. The molecule has 1 aliphatic heterocycles. The van der Waals surface area contributed by atoms with Gasteiger partial charge in [0.15, 0.2) is 6.61 Å². The molecule has 0 unspecified atom stereocenters. The summed E-state index contributed by atoms with van der Waals surface area (Å²) in [6.45, 7) is -0.0418. The van der Waals surface area contributed by atoms with Crippen molar-refractivity contribution in [2.24, 2.45) is 0 Å². The van der Waals surface area contributed by atoms with E-state index in [1.54, 1.807) is 25.2 Å². The second-order valence-corrected chi connectivity index (χ2v) is 4.34. The molecule has 1 aliphatic rings. The Morgan fingerprint density at radius 3 is 2.85 bits per heavy atom. The molecule has 0 spiro atoms. The van der Waals surface area contributed by atoms with Crippen molar-refractivity contribution in [2.75, 3.05) is 23.9 Å². The zero-order valence-electron chi connectivity index (χ0n) is 10.9. The maximum atomic E-state index is 11.7. The summed E-state index contributed by atoms with van der Waals surface area (Å²) in [7, 11) is 1.59. The number of anilines is 2. The number of benzene rings is 1. The highest BCUT2D eigenvalue weighted by atomic mass is 16.5. The molecular formula is C13H14N2O5. The number of likely N-dealkylation sites (N-methyl/N-ethyl adjacent to an activating group) is 1. The molecule has 7 heteroatoms. The van der Waals surface area contributed by atoms with Crippen LogP contribution in [-0.4, -0.2) is 36.5 Å². The highest BCUT2D eigenvalue weighted by molar-refractivity contribution is 6.04. The summed E-state index contributed by atoms with van der Waals surface area (Å²) in [4.78, 5) is 35.1. The number of carboxylic acid groups (broad SMARTS) is 1. The van der Waals surface area contributed by atoms with Gasteiger partial charge in [-0.15, -0.1) is 0 Å². The van der Waals surface area contributed by atoms with E-state index in [0.717, 1.165) is 0 Å². The fourth-order valence-corrected chi connectivity index (χ4v) is 1.88. The molecule has 2 amide bonds. The molecule has 0 bridgehead atoms. The Balaban J connectivity index is 2.19. The van der Waals surface area contributed by atoms with E-state index < -0.39 is 11.9 Å². The molecule has 2 rings (SSSR count). The third kappa shape index (κ3) is 2.87. The lowest BCUT2D eigenvalue weighted by Crippen LogP contribution is -2.36. The highest BCUT2D eigenvalue weighted by Crippen LogP contribution is 2.37. The topological polar surface area (TPSA) is 95.9 Å². The van der Waals surface area contributed by atoms with E-state index >= 15 is 0 Å². The fraction of sp³-hybridized carbons (Fsp3) is 0.308. The van der Waals surface area contributed by atoms with Gasteiger partial charge in [-0.25, -0.2) is 0 Å². The molecule has 0 atom stereocenters. The van der Waals surface area contributed by atoms with Gasteiger partial charge in [0, 0.05) is 13.5 Å². The van der Waals surface area contributed by atoms with Crippen molar-refractivity contribution in [3.63, 3.8) is 0 Å². The number of hydrogen-bond acceptors (Lipinski definition) is 4. The monoisotopic (exact) mass is 278 g/mol. The number of amides is 2. The molecule has 0 fully saturated rings. The van der Waals surface area contributed by atoms with Crippen molar-refractivity contribution in [1.29, 1.82) is 0 Å². The number of nitrogens with one attached hydrogen (secondary N) is 1. The van der Waals surface area contributed by atoms with E-state index in [1.807, 2.05) is 0 Å². The Morgan fingerprint density at radius 2 is 2.15 bits per heavy atom. The largest absolute Gasteiger partial charge is 0.481 e. The maximum absolute atomic E-state index is 11.7. The van der Waals surface area contributed by atoms with Crippen LogP contribution in [0.15, 0.2) is 18.2 Å². The van der Waals surface area contributed by atoms with Crippen molar-refractivity contribution in [1.82, 2.24) is 0 Å². The highest BCUT2D eigenvalue weighted by Gasteiger charge is 2.25. The minimum Gasteiger partial charge on any atom is -0.481 e. The van der Waals surface area contributed by atoms with Crippen LogP contribution < -0.4 is 15.0 Å². The summed E-state index contributed by atoms with van der Waals surface area (Å²) in [5, 5.41) is 11.1. The molecule has 106 valence electrons. The molecule has 0 aliphatic carbocycles. The Morgan fingerprint density at radius 1 is 1.40 bits per heavy atom. The summed E-state index contributed by atoms with van der Waals surface area (Å²) in [5.74, 6) is -1.18. The molecule has 0 saturated carbocycles. The standard InChI is InChI=1S/C13H14N2O5/c1-15-11(17)7-20-9-4-2-3-8(13(9)15)14-10(16)5-6-12(18)19/h2-4H,5-7H2,1H3,(H,14,16)(H,18,19). The lowest BCUT2D eigenvalue weighted by Gasteiger charge is -2.28. The van der Waals surface area contributed by atoms with Crippen molar-refractivity contribution in [3.8, 4) is 5.75 Å². The molecule has 1 aromatic rings. The SMILES string of the molecule is CN1C(=O)COc2cccc(NC(=O)CCC(=O)O)c21. The van der Waals surface area contributed by atoms with E-state index in [0.29, 0.717) is 17.1 Å². The van der Waals surface area contributed by atoms with Crippen LogP contribution in [0.1, 0.15) is 12.8 Å².